The zero-order chi connectivity index (χ0) is 10.9. The first-order valence-corrected chi connectivity index (χ1v) is 5.78. The van der Waals surface area contributed by atoms with E-state index in [1.807, 2.05) is 18.2 Å². The molecule has 0 radical (unpaired) electrons. The molecule has 0 saturated heterocycles. The molecule has 0 saturated carbocycles. The van der Waals surface area contributed by atoms with Crippen molar-refractivity contribution in [3.8, 4) is 0 Å². The van der Waals surface area contributed by atoms with E-state index in [-0.39, 0.29) is 0 Å². The molecule has 1 N–H and O–H groups in total. The van der Waals surface area contributed by atoms with E-state index in [1.165, 1.54) is 18.4 Å². The van der Waals surface area contributed by atoms with Crippen molar-refractivity contribution in [2.24, 2.45) is 0 Å². The molecule has 0 amide bonds. The van der Waals surface area contributed by atoms with E-state index < -0.39 is 0 Å². The van der Waals surface area contributed by atoms with Gasteiger partial charge in [-0.3, -0.25) is 4.84 Å². The van der Waals surface area contributed by atoms with Crippen molar-refractivity contribution in [1.29, 1.82) is 0 Å². The predicted octanol–water partition coefficient (Wildman–Crippen LogP) is 3.29. The lowest BCUT2D eigenvalue weighted by Gasteiger charge is -2.15. The number of hydroxylamine groups is 1. The smallest absolute Gasteiger partial charge is 0.0933 e. The molecule has 1 rings (SSSR count). The Bertz CT molecular complexity index is 248. The monoisotopic (exact) mass is 207 g/mol. The Morgan fingerprint density at radius 2 is 1.93 bits per heavy atom. The van der Waals surface area contributed by atoms with Gasteiger partial charge in [0, 0.05) is 6.04 Å². The molecule has 15 heavy (non-hydrogen) atoms. The Hall–Kier alpha value is -0.860. The number of hydrogen-bond donors (Lipinski definition) is 1. The van der Waals surface area contributed by atoms with Gasteiger partial charge in [-0.1, -0.05) is 50.6 Å². The number of benzene rings is 1. The molecule has 0 fully saturated rings. The quantitative estimate of drug-likeness (QED) is 0.693. The molecule has 1 unspecified atom stereocenters. The summed E-state index contributed by atoms with van der Waals surface area (Å²) in [6.45, 7) is 5.02. The predicted molar refractivity (Wildman–Crippen MR) is 63.4 cm³/mol. The lowest BCUT2D eigenvalue weighted by molar-refractivity contribution is 0.000681. The summed E-state index contributed by atoms with van der Waals surface area (Å²) in [6.07, 6.45) is 3.48. The van der Waals surface area contributed by atoms with E-state index in [1.54, 1.807) is 0 Å². The van der Waals surface area contributed by atoms with Crippen molar-refractivity contribution in [1.82, 2.24) is 5.48 Å². The molecule has 2 heteroatoms. The highest BCUT2D eigenvalue weighted by Gasteiger charge is 2.03. The van der Waals surface area contributed by atoms with E-state index >= 15 is 0 Å². The van der Waals surface area contributed by atoms with Gasteiger partial charge in [0.1, 0.15) is 0 Å². The van der Waals surface area contributed by atoms with Gasteiger partial charge in [-0.15, -0.1) is 0 Å². The minimum Gasteiger partial charge on any atom is -0.297 e. The lowest BCUT2D eigenvalue weighted by atomic mass is 10.1. The highest BCUT2D eigenvalue weighted by molar-refractivity contribution is 5.13. The average molecular weight is 207 g/mol. The Balaban J connectivity index is 2.20. The normalized spacial score (nSPS) is 12.7. The van der Waals surface area contributed by atoms with Crippen LogP contribution in [0.15, 0.2) is 30.3 Å². The van der Waals surface area contributed by atoms with Crippen LogP contribution in [0, 0.1) is 0 Å². The Morgan fingerprint density at radius 3 is 2.53 bits per heavy atom. The van der Waals surface area contributed by atoms with Crippen LogP contribution in [-0.4, -0.2) is 6.04 Å². The molecule has 0 spiro atoms. The maximum Gasteiger partial charge on any atom is 0.0933 e. The van der Waals surface area contributed by atoms with Crippen LogP contribution in [0.3, 0.4) is 0 Å². The fraction of sp³-hybridized carbons (Fsp3) is 0.538. The molecule has 1 atom stereocenters. The van der Waals surface area contributed by atoms with Gasteiger partial charge in [-0.2, -0.15) is 5.48 Å². The molecular formula is C13H21NO. The van der Waals surface area contributed by atoms with Crippen molar-refractivity contribution >= 4 is 0 Å². The van der Waals surface area contributed by atoms with Gasteiger partial charge >= 0.3 is 0 Å². The number of hydrogen-bond acceptors (Lipinski definition) is 2. The van der Waals surface area contributed by atoms with Crippen molar-refractivity contribution in [3.05, 3.63) is 35.9 Å². The molecule has 0 aliphatic rings. The molecule has 0 aromatic heterocycles. The number of nitrogens with one attached hydrogen (secondary N) is 1. The van der Waals surface area contributed by atoms with Crippen LogP contribution < -0.4 is 5.48 Å². The maximum absolute atomic E-state index is 5.48. The standard InChI is InChI=1S/C13H21NO/c1-3-8-13(4-2)14-15-11-12-9-6-5-7-10-12/h5-7,9-10,13-14H,3-4,8,11H2,1-2H3. The van der Waals surface area contributed by atoms with E-state index in [4.69, 9.17) is 4.84 Å². The lowest BCUT2D eigenvalue weighted by Crippen LogP contribution is -2.28. The summed E-state index contributed by atoms with van der Waals surface area (Å²) in [5.74, 6) is 0. The van der Waals surface area contributed by atoms with E-state index in [2.05, 4.69) is 31.5 Å². The van der Waals surface area contributed by atoms with Gasteiger partial charge in [-0.25, -0.2) is 0 Å². The second kappa shape index (κ2) is 7.43. The van der Waals surface area contributed by atoms with E-state index in [0.717, 1.165) is 6.42 Å². The summed E-state index contributed by atoms with van der Waals surface area (Å²) in [6, 6.07) is 10.7. The second-order valence-corrected chi connectivity index (χ2v) is 3.79. The summed E-state index contributed by atoms with van der Waals surface area (Å²) in [5.41, 5.74) is 4.32. The largest absolute Gasteiger partial charge is 0.297 e. The number of rotatable bonds is 7. The summed E-state index contributed by atoms with van der Waals surface area (Å²) in [7, 11) is 0. The molecule has 0 aliphatic heterocycles. The van der Waals surface area contributed by atoms with Crippen LogP contribution in [-0.2, 0) is 11.4 Å². The third-order valence-corrected chi connectivity index (χ3v) is 2.46. The zero-order valence-electron chi connectivity index (χ0n) is 9.70. The topological polar surface area (TPSA) is 21.3 Å². The average Bonchev–Trinajstić information content (AvgIpc) is 2.29. The fourth-order valence-electron chi connectivity index (χ4n) is 1.51. The van der Waals surface area contributed by atoms with Crippen LogP contribution >= 0.6 is 0 Å². The highest BCUT2D eigenvalue weighted by atomic mass is 16.6. The van der Waals surface area contributed by atoms with Gasteiger partial charge < -0.3 is 0 Å². The molecule has 0 heterocycles. The SMILES string of the molecule is CCCC(CC)NOCc1ccccc1. The summed E-state index contributed by atoms with van der Waals surface area (Å²) in [5, 5.41) is 0. The molecule has 0 aliphatic carbocycles. The molecule has 0 bridgehead atoms. The molecule has 1 aromatic rings. The van der Waals surface area contributed by atoms with Crippen molar-refractivity contribution in [2.45, 2.75) is 45.8 Å². The van der Waals surface area contributed by atoms with Gasteiger partial charge in [0.25, 0.3) is 0 Å². The summed E-state index contributed by atoms with van der Waals surface area (Å²) in [4.78, 5) is 5.48. The van der Waals surface area contributed by atoms with Crippen LogP contribution in [0.25, 0.3) is 0 Å². The highest BCUT2D eigenvalue weighted by Crippen LogP contribution is 2.03. The fourth-order valence-corrected chi connectivity index (χ4v) is 1.51. The van der Waals surface area contributed by atoms with Gasteiger partial charge in [0.15, 0.2) is 0 Å². The Kier molecular flexibility index (Phi) is 6.05. The summed E-state index contributed by atoms with van der Waals surface area (Å²) < 4.78 is 0. The van der Waals surface area contributed by atoms with Gasteiger partial charge in [-0.05, 0) is 18.4 Å². The third kappa shape index (κ3) is 4.96. The van der Waals surface area contributed by atoms with Crippen LogP contribution in [0.5, 0.6) is 0 Å². The first-order valence-electron chi connectivity index (χ1n) is 5.78. The minimum absolute atomic E-state index is 0.485. The summed E-state index contributed by atoms with van der Waals surface area (Å²) >= 11 is 0. The molecule has 2 nitrogen and oxygen atoms in total. The first-order chi connectivity index (χ1) is 7.36. The minimum atomic E-state index is 0.485. The van der Waals surface area contributed by atoms with E-state index in [9.17, 15) is 0 Å². The first kappa shape index (κ1) is 12.2. The van der Waals surface area contributed by atoms with Gasteiger partial charge in [0.2, 0.25) is 0 Å². The third-order valence-electron chi connectivity index (χ3n) is 2.46. The van der Waals surface area contributed by atoms with Crippen LogP contribution in [0.1, 0.15) is 38.7 Å². The Labute approximate surface area is 92.6 Å². The van der Waals surface area contributed by atoms with E-state index in [0.29, 0.717) is 12.6 Å². The van der Waals surface area contributed by atoms with Crippen LogP contribution in [0.4, 0.5) is 0 Å². The maximum atomic E-state index is 5.48. The zero-order valence-corrected chi connectivity index (χ0v) is 9.70. The molecule has 84 valence electrons. The van der Waals surface area contributed by atoms with Crippen LogP contribution in [0.2, 0.25) is 0 Å². The Morgan fingerprint density at radius 1 is 1.20 bits per heavy atom. The van der Waals surface area contributed by atoms with Gasteiger partial charge in [0.05, 0.1) is 6.61 Å². The molecule has 1 aromatic carbocycles. The van der Waals surface area contributed by atoms with Crippen molar-refractivity contribution in [3.63, 3.8) is 0 Å². The van der Waals surface area contributed by atoms with Crippen molar-refractivity contribution < 1.29 is 4.84 Å². The van der Waals surface area contributed by atoms with Crippen molar-refractivity contribution in [2.75, 3.05) is 0 Å². The second-order valence-electron chi connectivity index (χ2n) is 3.79. The molecular weight excluding hydrogens is 186 g/mol.